The molecular weight excluding hydrogens is 444 g/mol. The number of allylic oxidation sites excluding steroid dienone is 2. The molecule has 10 atom stereocenters. The number of fused-ring (bicyclic) bond motifs is 7. The highest BCUT2D eigenvalue weighted by Crippen LogP contribution is 2.73. The number of hydrogen-bond acceptors (Lipinski definition) is 6. The van der Waals surface area contributed by atoms with Crippen LogP contribution in [0.3, 0.4) is 0 Å². The van der Waals surface area contributed by atoms with Crippen molar-refractivity contribution in [3.05, 3.63) is 23.8 Å². The van der Waals surface area contributed by atoms with Crippen molar-refractivity contribution in [3.8, 4) is 0 Å². The molecule has 8 unspecified atom stereocenters. The van der Waals surface area contributed by atoms with Gasteiger partial charge in [0, 0.05) is 17.8 Å². The topological polar surface area (TPSA) is 82.1 Å². The summed E-state index contributed by atoms with van der Waals surface area (Å²) in [5.41, 5.74) is -0.136. The minimum absolute atomic E-state index is 0. The molecule has 6 heteroatoms. The second-order valence-electron chi connectivity index (χ2n) is 12.4. The van der Waals surface area contributed by atoms with Gasteiger partial charge in [-0.25, -0.2) is 0 Å². The van der Waals surface area contributed by atoms with E-state index >= 15 is 0 Å². The smallest absolute Gasteiger partial charge is 0.293 e. The highest BCUT2D eigenvalue weighted by Gasteiger charge is 2.74. The summed E-state index contributed by atoms with van der Waals surface area (Å²) in [5.74, 6) is -0.346. The second kappa shape index (κ2) is 9.42. The minimum Gasteiger partial charge on any atom is -0.464 e. The van der Waals surface area contributed by atoms with Crippen LogP contribution in [0.5, 0.6) is 0 Å². The highest BCUT2D eigenvalue weighted by atomic mass is 16.7. The zero-order valence-electron chi connectivity index (χ0n) is 21.9. The van der Waals surface area contributed by atoms with E-state index in [-0.39, 0.29) is 48.4 Å². The van der Waals surface area contributed by atoms with Gasteiger partial charge in [-0.3, -0.25) is 9.59 Å². The fraction of sp³-hybridized carbons (Fsp3) is 0.793. The van der Waals surface area contributed by atoms with Crippen LogP contribution in [0.2, 0.25) is 0 Å². The van der Waals surface area contributed by atoms with Crippen molar-refractivity contribution >= 4 is 12.3 Å². The van der Waals surface area contributed by atoms with Gasteiger partial charge in [-0.2, -0.15) is 0 Å². The number of hydrogen-bond donors (Lipinski definition) is 1. The predicted octanol–water partition coefficient (Wildman–Crippen LogP) is 4.95. The van der Waals surface area contributed by atoms with Crippen molar-refractivity contribution in [2.45, 2.75) is 92.8 Å². The van der Waals surface area contributed by atoms with Gasteiger partial charge in [0.15, 0.2) is 17.2 Å². The molecule has 1 saturated heterocycles. The molecule has 5 rings (SSSR count). The molecule has 1 aliphatic heterocycles. The van der Waals surface area contributed by atoms with E-state index in [1.165, 1.54) is 11.6 Å². The quantitative estimate of drug-likeness (QED) is 0.436. The van der Waals surface area contributed by atoms with Crippen molar-refractivity contribution in [1.29, 1.82) is 0 Å². The van der Waals surface area contributed by atoms with E-state index < -0.39 is 17.5 Å². The molecule has 1 N–H and O–H groups in total. The first kappa shape index (κ1) is 28.1. The van der Waals surface area contributed by atoms with Gasteiger partial charge in [0.2, 0.25) is 0 Å². The standard InChI is InChI=1S/C23H32O6.C5H10.CH4/c1-11-16-13(17-18(21(17,2)3)19(11)27-10-24)8-12-9-28-22(4,5)29-20(12)23(26)14(16)6-7-15(23)25;1-4-5(2)3;/h6-7,10-14,16-20,26H,8-9H2,1-5H3;4H,1-3H3;1H4/t11-,12?,13?,14?,16?,17-,18?,19?,20?,23?;;/m0../s1. The van der Waals surface area contributed by atoms with E-state index in [4.69, 9.17) is 14.2 Å². The lowest BCUT2D eigenvalue weighted by Gasteiger charge is -2.47. The molecule has 0 amide bonds. The van der Waals surface area contributed by atoms with Crippen molar-refractivity contribution in [1.82, 2.24) is 0 Å². The van der Waals surface area contributed by atoms with Crippen LogP contribution in [0.1, 0.15) is 69.2 Å². The van der Waals surface area contributed by atoms with Crippen LogP contribution in [0.4, 0.5) is 0 Å². The Morgan fingerprint density at radius 3 is 2.40 bits per heavy atom. The van der Waals surface area contributed by atoms with Crippen LogP contribution in [-0.4, -0.2) is 47.6 Å². The first-order valence-corrected chi connectivity index (χ1v) is 12.8. The van der Waals surface area contributed by atoms with Gasteiger partial charge < -0.3 is 19.3 Å². The molecule has 5 aliphatic rings. The molecule has 198 valence electrons. The summed E-state index contributed by atoms with van der Waals surface area (Å²) < 4.78 is 17.8. The van der Waals surface area contributed by atoms with Gasteiger partial charge in [0.05, 0.1) is 6.61 Å². The fourth-order valence-corrected chi connectivity index (χ4v) is 7.72. The van der Waals surface area contributed by atoms with E-state index in [0.29, 0.717) is 30.8 Å². The number of ketones is 1. The average Bonchev–Trinajstić information content (AvgIpc) is 3.24. The molecule has 0 aromatic carbocycles. The van der Waals surface area contributed by atoms with Gasteiger partial charge in [-0.05, 0) is 76.2 Å². The van der Waals surface area contributed by atoms with Crippen molar-refractivity contribution in [2.24, 2.45) is 46.8 Å². The Kier molecular flexibility index (Phi) is 7.56. The summed E-state index contributed by atoms with van der Waals surface area (Å²) in [6.45, 7) is 17.5. The molecule has 0 spiro atoms. The molecule has 35 heavy (non-hydrogen) atoms. The lowest BCUT2D eigenvalue weighted by Crippen LogP contribution is -2.61. The van der Waals surface area contributed by atoms with E-state index in [0.717, 1.165) is 6.42 Å². The predicted molar refractivity (Wildman–Crippen MR) is 135 cm³/mol. The van der Waals surface area contributed by atoms with Gasteiger partial charge in [0.1, 0.15) is 12.2 Å². The summed E-state index contributed by atoms with van der Waals surface area (Å²) in [6.07, 6.45) is 5.58. The first-order chi connectivity index (χ1) is 15.8. The second-order valence-corrected chi connectivity index (χ2v) is 12.4. The number of rotatable bonds is 2. The molecule has 0 aromatic heterocycles. The Morgan fingerprint density at radius 2 is 1.83 bits per heavy atom. The van der Waals surface area contributed by atoms with E-state index in [2.05, 4.69) is 40.7 Å². The van der Waals surface area contributed by atoms with Gasteiger partial charge in [-0.1, -0.05) is 45.9 Å². The molecule has 4 fully saturated rings. The van der Waals surface area contributed by atoms with Gasteiger partial charge in [-0.15, -0.1) is 0 Å². The lowest BCUT2D eigenvalue weighted by molar-refractivity contribution is -0.320. The zero-order valence-corrected chi connectivity index (χ0v) is 21.9. The highest BCUT2D eigenvalue weighted by molar-refractivity contribution is 6.00. The van der Waals surface area contributed by atoms with Crippen molar-refractivity contribution in [2.75, 3.05) is 6.61 Å². The van der Waals surface area contributed by atoms with Crippen LogP contribution in [-0.2, 0) is 23.8 Å². The fourth-order valence-electron chi connectivity index (χ4n) is 7.72. The van der Waals surface area contributed by atoms with Crippen LogP contribution in [0, 0.1) is 46.8 Å². The largest absolute Gasteiger partial charge is 0.464 e. The minimum atomic E-state index is -1.59. The maximum atomic E-state index is 13.0. The summed E-state index contributed by atoms with van der Waals surface area (Å²) in [6, 6.07) is 0. The molecule has 3 saturated carbocycles. The van der Waals surface area contributed by atoms with E-state index in [1.54, 1.807) is 0 Å². The summed E-state index contributed by atoms with van der Waals surface area (Å²) in [5, 5.41) is 11.9. The molecule has 1 heterocycles. The summed E-state index contributed by atoms with van der Waals surface area (Å²) in [4.78, 5) is 24.3. The number of aliphatic hydroxyl groups is 1. The number of carbonyl (C=O) groups is 2. The molecule has 0 radical (unpaired) electrons. The van der Waals surface area contributed by atoms with Crippen LogP contribution in [0.25, 0.3) is 0 Å². The molecule has 6 nitrogen and oxygen atoms in total. The number of carbonyl (C=O) groups excluding carboxylic acids is 2. The maximum absolute atomic E-state index is 13.0. The Labute approximate surface area is 211 Å². The van der Waals surface area contributed by atoms with Crippen molar-refractivity contribution < 1.29 is 28.9 Å². The summed E-state index contributed by atoms with van der Waals surface area (Å²) >= 11 is 0. The lowest BCUT2D eigenvalue weighted by atomic mass is 9.63. The summed E-state index contributed by atoms with van der Waals surface area (Å²) in [7, 11) is 0. The molecule has 0 bridgehead atoms. The monoisotopic (exact) mass is 490 g/mol. The average molecular weight is 491 g/mol. The van der Waals surface area contributed by atoms with Gasteiger partial charge >= 0.3 is 0 Å². The normalized spacial score (nSPS) is 45.5. The maximum Gasteiger partial charge on any atom is 0.293 e. The van der Waals surface area contributed by atoms with Crippen LogP contribution in [0.15, 0.2) is 23.8 Å². The third kappa shape index (κ3) is 4.34. The Hall–Kier alpha value is -1.50. The SMILES string of the molecule is C.CC=C(C)C.C[C@@H]1C(OC=O)C2[C@H](C3CC4COC(C)(C)OC4C4(O)C(=O)C=CC4C31)C2(C)C. The molecule has 0 aromatic rings. The first-order valence-electron chi connectivity index (χ1n) is 12.8. The van der Waals surface area contributed by atoms with Crippen LogP contribution >= 0.6 is 0 Å². The zero-order chi connectivity index (χ0) is 25.2. The Bertz CT molecular complexity index is 884. The molecule has 4 aliphatic carbocycles. The molecular formula is C29H46O6. The van der Waals surface area contributed by atoms with Crippen LogP contribution < -0.4 is 0 Å². The van der Waals surface area contributed by atoms with E-state index in [1.807, 2.05) is 26.8 Å². The van der Waals surface area contributed by atoms with E-state index in [9.17, 15) is 14.7 Å². The Balaban J connectivity index is 0.000000521. The Morgan fingerprint density at radius 1 is 1.20 bits per heavy atom. The van der Waals surface area contributed by atoms with Gasteiger partial charge in [0.25, 0.3) is 6.47 Å². The number of ether oxygens (including phenoxy) is 3. The van der Waals surface area contributed by atoms with Crippen molar-refractivity contribution in [3.63, 3.8) is 0 Å². The third-order valence-corrected chi connectivity index (χ3v) is 9.49. The third-order valence-electron chi connectivity index (χ3n) is 9.49.